The Morgan fingerprint density at radius 1 is 1.05 bits per heavy atom. The molecule has 0 aliphatic rings. The number of ether oxygens (including phenoxy) is 1. The van der Waals surface area contributed by atoms with E-state index in [-0.39, 0.29) is 4.90 Å². The van der Waals surface area contributed by atoms with Gasteiger partial charge in [-0.1, -0.05) is 12.1 Å². The Morgan fingerprint density at radius 3 is 2.38 bits per heavy atom. The van der Waals surface area contributed by atoms with Gasteiger partial charge in [-0.15, -0.1) is 0 Å². The smallest absolute Gasteiger partial charge is 0.240 e. The Morgan fingerprint density at radius 2 is 1.71 bits per heavy atom. The lowest BCUT2D eigenvalue weighted by Crippen LogP contribution is -2.17. The average molecular weight is 307 g/mol. The number of hydrogen-bond acceptors (Lipinski definition) is 5. The first-order chi connectivity index (χ1) is 9.97. The van der Waals surface area contributed by atoms with E-state index >= 15 is 0 Å². The first-order valence-corrected chi connectivity index (χ1v) is 7.85. The summed E-state index contributed by atoms with van der Waals surface area (Å²) in [5.41, 5.74) is 6.71. The first-order valence-electron chi connectivity index (χ1n) is 6.31. The van der Waals surface area contributed by atoms with Crippen molar-refractivity contribution in [1.82, 2.24) is 0 Å². The molecule has 0 aliphatic heterocycles. The van der Waals surface area contributed by atoms with Gasteiger partial charge in [-0.3, -0.25) is 0 Å². The summed E-state index contributed by atoms with van der Waals surface area (Å²) >= 11 is 0. The molecule has 0 atom stereocenters. The van der Waals surface area contributed by atoms with Crippen LogP contribution in [-0.2, 0) is 10.0 Å². The molecule has 0 saturated heterocycles. The molecule has 0 heterocycles. The highest BCUT2D eigenvalue weighted by atomic mass is 32.2. The van der Waals surface area contributed by atoms with Gasteiger partial charge in [0.1, 0.15) is 17.3 Å². The minimum atomic E-state index is -3.74. The average Bonchev–Trinajstić information content (AvgIpc) is 2.45. The topological polar surface area (TPSA) is 107 Å². The van der Waals surface area contributed by atoms with Gasteiger partial charge >= 0.3 is 0 Å². The van der Waals surface area contributed by atoms with Crippen LogP contribution < -0.4 is 20.9 Å². The van der Waals surface area contributed by atoms with Crippen LogP contribution in [0.4, 0.5) is 11.4 Å². The fourth-order valence-corrected chi connectivity index (χ4v) is 2.49. The quantitative estimate of drug-likeness (QED) is 0.552. The number of rotatable bonds is 6. The van der Waals surface area contributed by atoms with Gasteiger partial charge in [-0.05, 0) is 36.4 Å². The number of sulfonamides is 1. The molecular formula is C14H17N3O3S. The summed E-state index contributed by atoms with van der Waals surface area (Å²) in [5.74, 6) is 0.700. The van der Waals surface area contributed by atoms with Gasteiger partial charge in [0.25, 0.3) is 0 Å². The molecule has 7 heteroatoms. The lowest BCUT2D eigenvalue weighted by molar-refractivity contribution is 0.333. The predicted molar refractivity (Wildman–Crippen MR) is 82.7 cm³/mol. The van der Waals surface area contributed by atoms with E-state index in [2.05, 4.69) is 5.32 Å². The summed E-state index contributed by atoms with van der Waals surface area (Å²) in [6.45, 7) is 0.819. The van der Waals surface area contributed by atoms with Crippen LogP contribution in [0.2, 0.25) is 0 Å². The standard InChI is InChI=1S/C14H17N3O3S/c15-11-5-7-12(8-6-11)20-10-9-17-13-3-1-2-4-14(13)21(16,18)19/h1-8,17H,9-10,15H2,(H2,16,18,19). The van der Waals surface area contributed by atoms with Crippen molar-refractivity contribution in [3.63, 3.8) is 0 Å². The molecule has 2 rings (SSSR count). The van der Waals surface area contributed by atoms with Crippen LogP contribution in [-0.4, -0.2) is 21.6 Å². The molecule has 0 aliphatic carbocycles. The minimum absolute atomic E-state index is 0.0671. The number of hydrogen-bond donors (Lipinski definition) is 3. The molecule has 0 saturated carbocycles. The van der Waals surface area contributed by atoms with E-state index in [1.54, 1.807) is 42.5 Å². The molecule has 5 N–H and O–H groups in total. The Balaban J connectivity index is 1.91. The van der Waals surface area contributed by atoms with Crippen LogP contribution in [0.5, 0.6) is 5.75 Å². The molecule has 21 heavy (non-hydrogen) atoms. The van der Waals surface area contributed by atoms with Gasteiger partial charge in [0.15, 0.2) is 0 Å². The van der Waals surface area contributed by atoms with Gasteiger partial charge in [0.05, 0.1) is 5.69 Å². The highest BCUT2D eigenvalue weighted by molar-refractivity contribution is 7.89. The maximum Gasteiger partial charge on any atom is 0.240 e. The second kappa shape index (κ2) is 6.47. The van der Waals surface area contributed by atoms with Crippen molar-refractivity contribution in [3.8, 4) is 5.75 Å². The number of nitrogen functional groups attached to an aromatic ring is 1. The Hall–Kier alpha value is -2.25. The molecule has 0 aromatic heterocycles. The first kappa shape index (κ1) is 15.1. The van der Waals surface area contributed by atoms with Crippen LogP contribution in [0.3, 0.4) is 0 Å². The van der Waals surface area contributed by atoms with Crippen molar-refractivity contribution < 1.29 is 13.2 Å². The fraction of sp³-hybridized carbons (Fsp3) is 0.143. The number of para-hydroxylation sites is 1. The van der Waals surface area contributed by atoms with Crippen molar-refractivity contribution in [2.24, 2.45) is 5.14 Å². The maximum atomic E-state index is 11.4. The molecular weight excluding hydrogens is 290 g/mol. The summed E-state index contributed by atoms with van der Waals surface area (Å²) < 4.78 is 28.4. The SMILES string of the molecule is Nc1ccc(OCCNc2ccccc2S(N)(=O)=O)cc1. The van der Waals surface area contributed by atoms with E-state index in [4.69, 9.17) is 15.6 Å². The molecule has 0 spiro atoms. The van der Waals surface area contributed by atoms with E-state index in [9.17, 15) is 8.42 Å². The zero-order valence-corrected chi connectivity index (χ0v) is 12.1. The van der Waals surface area contributed by atoms with Crippen molar-refractivity contribution in [3.05, 3.63) is 48.5 Å². The molecule has 2 aromatic rings. The monoisotopic (exact) mass is 307 g/mol. The number of nitrogens with one attached hydrogen (secondary N) is 1. The summed E-state index contributed by atoms with van der Waals surface area (Å²) in [6, 6.07) is 13.5. The zero-order chi connectivity index (χ0) is 15.3. The van der Waals surface area contributed by atoms with Crippen LogP contribution in [0.1, 0.15) is 0 Å². The van der Waals surface area contributed by atoms with Gasteiger partial charge in [0.2, 0.25) is 10.0 Å². The largest absolute Gasteiger partial charge is 0.492 e. The molecule has 0 unspecified atom stereocenters. The highest BCUT2D eigenvalue weighted by Crippen LogP contribution is 2.19. The zero-order valence-electron chi connectivity index (χ0n) is 11.3. The van der Waals surface area contributed by atoms with Crippen LogP contribution in [0.15, 0.2) is 53.4 Å². The third-order valence-corrected chi connectivity index (χ3v) is 3.73. The van der Waals surface area contributed by atoms with Gasteiger partial charge in [0, 0.05) is 12.2 Å². The lowest BCUT2D eigenvalue weighted by atomic mass is 10.3. The fourth-order valence-electron chi connectivity index (χ4n) is 1.78. The van der Waals surface area contributed by atoms with Crippen LogP contribution in [0.25, 0.3) is 0 Å². The van der Waals surface area contributed by atoms with E-state index in [0.29, 0.717) is 30.3 Å². The summed E-state index contributed by atoms with van der Waals surface area (Å²) in [5, 5.41) is 8.15. The molecule has 112 valence electrons. The molecule has 2 aromatic carbocycles. The molecule has 0 bridgehead atoms. The second-order valence-corrected chi connectivity index (χ2v) is 5.92. The normalized spacial score (nSPS) is 11.1. The Bertz CT molecular complexity index is 700. The van der Waals surface area contributed by atoms with Crippen molar-refractivity contribution in [2.45, 2.75) is 4.90 Å². The molecule has 0 radical (unpaired) electrons. The van der Waals surface area contributed by atoms with Crippen molar-refractivity contribution in [1.29, 1.82) is 0 Å². The van der Waals surface area contributed by atoms with Crippen molar-refractivity contribution >= 4 is 21.4 Å². The van der Waals surface area contributed by atoms with Gasteiger partial charge in [-0.2, -0.15) is 0 Å². The van der Waals surface area contributed by atoms with Crippen molar-refractivity contribution in [2.75, 3.05) is 24.2 Å². The maximum absolute atomic E-state index is 11.4. The third-order valence-electron chi connectivity index (χ3n) is 2.76. The summed E-state index contributed by atoms with van der Waals surface area (Å²) in [6.07, 6.45) is 0. The molecule has 0 fully saturated rings. The number of primary sulfonamides is 1. The van der Waals surface area contributed by atoms with E-state index < -0.39 is 10.0 Å². The van der Waals surface area contributed by atoms with Crippen LogP contribution >= 0.6 is 0 Å². The summed E-state index contributed by atoms with van der Waals surface area (Å²) in [7, 11) is -3.74. The third kappa shape index (κ3) is 4.37. The predicted octanol–water partition coefficient (Wildman–Crippen LogP) is 1.41. The Labute approximate surface area is 123 Å². The molecule has 0 amide bonds. The second-order valence-electron chi connectivity index (χ2n) is 4.39. The van der Waals surface area contributed by atoms with E-state index in [1.807, 2.05) is 0 Å². The van der Waals surface area contributed by atoms with Gasteiger partial charge < -0.3 is 15.8 Å². The number of benzene rings is 2. The number of nitrogens with two attached hydrogens (primary N) is 2. The minimum Gasteiger partial charge on any atom is -0.492 e. The van der Waals surface area contributed by atoms with Gasteiger partial charge in [-0.25, -0.2) is 13.6 Å². The summed E-state index contributed by atoms with van der Waals surface area (Å²) in [4.78, 5) is 0.0671. The lowest BCUT2D eigenvalue weighted by Gasteiger charge is -2.11. The van der Waals surface area contributed by atoms with Crippen LogP contribution in [0, 0.1) is 0 Å². The molecule has 6 nitrogen and oxygen atoms in total. The number of anilines is 2. The van der Waals surface area contributed by atoms with E-state index in [1.165, 1.54) is 6.07 Å². The van der Waals surface area contributed by atoms with E-state index in [0.717, 1.165) is 0 Å². The Kier molecular flexibility index (Phi) is 4.66. The highest BCUT2D eigenvalue weighted by Gasteiger charge is 2.12.